The highest BCUT2D eigenvalue weighted by molar-refractivity contribution is 7.18. The minimum atomic E-state index is 0.788. The van der Waals surface area contributed by atoms with Gasteiger partial charge in [0.15, 0.2) is 5.82 Å². The van der Waals surface area contributed by atoms with Gasteiger partial charge in [-0.3, -0.25) is 0 Å². The van der Waals surface area contributed by atoms with Crippen molar-refractivity contribution in [3.8, 4) is 11.4 Å². The number of benzene rings is 1. The van der Waals surface area contributed by atoms with Crippen molar-refractivity contribution in [2.75, 3.05) is 12.4 Å². The Labute approximate surface area is 129 Å². The molecule has 0 fully saturated rings. The second-order valence-electron chi connectivity index (χ2n) is 5.16. The smallest absolute Gasteiger partial charge is 0.163 e. The summed E-state index contributed by atoms with van der Waals surface area (Å²) in [6.45, 7) is 6.43. The maximum atomic E-state index is 4.76. The molecule has 0 aliphatic carbocycles. The molecule has 3 rings (SSSR count). The van der Waals surface area contributed by atoms with Gasteiger partial charge in [0, 0.05) is 17.5 Å². The zero-order valence-corrected chi connectivity index (χ0v) is 13.6. The third-order valence-electron chi connectivity index (χ3n) is 3.89. The van der Waals surface area contributed by atoms with E-state index in [1.54, 1.807) is 11.3 Å². The van der Waals surface area contributed by atoms with Gasteiger partial charge in [-0.1, -0.05) is 31.2 Å². The highest BCUT2D eigenvalue weighted by atomic mass is 32.1. The summed E-state index contributed by atoms with van der Waals surface area (Å²) in [7, 11) is 1.91. The molecule has 3 nitrogen and oxygen atoms in total. The van der Waals surface area contributed by atoms with Crippen LogP contribution in [0.15, 0.2) is 24.3 Å². The van der Waals surface area contributed by atoms with Gasteiger partial charge in [-0.25, -0.2) is 9.97 Å². The van der Waals surface area contributed by atoms with Gasteiger partial charge in [0.1, 0.15) is 10.6 Å². The summed E-state index contributed by atoms with van der Waals surface area (Å²) in [5, 5.41) is 4.36. The van der Waals surface area contributed by atoms with E-state index in [1.165, 1.54) is 16.0 Å². The molecule has 0 aliphatic heterocycles. The number of hydrogen-bond donors (Lipinski definition) is 1. The van der Waals surface area contributed by atoms with E-state index in [4.69, 9.17) is 9.97 Å². The lowest BCUT2D eigenvalue weighted by molar-refractivity contribution is 1.14. The first-order valence-corrected chi connectivity index (χ1v) is 8.00. The standard InChI is InChI=1S/C17H19N3S/c1-5-12-6-8-13(9-7-12)15-19-16(18-4)14-10(2)11(3)21-17(14)20-15/h6-9H,5H2,1-4H3,(H,18,19,20). The first kappa shape index (κ1) is 14.0. The third kappa shape index (κ3) is 2.40. The Balaban J connectivity index is 2.18. The number of aryl methyl sites for hydroxylation is 3. The molecule has 1 aromatic carbocycles. The second-order valence-corrected chi connectivity index (χ2v) is 6.36. The third-order valence-corrected chi connectivity index (χ3v) is 4.99. The lowest BCUT2D eigenvalue weighted by atomic mass is 10.1. The number of anilines is 1. The number of nitrogens with zero attached hydrogens (tertiary/aromatic N) is 2. The van der Waals surface area contributed by atoms with Crippen LogP contribution in [0.25, 0.3) is 21.6 Å². The summed E-state index contributed by atoms with van der Waals surface area (Å²) in [4.78, 5) is 11.8. The fraction of sp³-hybridized carbons (Fsp3) is 0.294. The predicted octanol–water partition coefficient (Wildman–Crippen LogP) is 4.58. The molecule has 0 radical (unpaired) electrons. The second kappa shape index (κ2) is 5.45. The van der Waals surface area contributed by atoms with E-state index in [1.807, 2.05) is 7.05 Å². The number of rotatable bonds is 3. The van der Waals surface area contributed by atoms with Crippen LogP contribution in [0.1, 0.15) is 22.9 Å². The van der Waals surface area contributed by atoms with Crippen molar-refractivity contribution in [1.82, 2.24) is 9.97 Å². The average molecular weight is 297 g/mol. The fourth-order valence-corrected chi connectivity index (χ4v) is 3.48. The average Bonchev–Trinajstić information content (AvgIpc) is 2.81. The summed E-state index contributed by atoms with van der Waals surface area (Å²) >= 11 is 1.73. The van der Waals surface area contributed by atoms with Crippen LogP contribution in [0, 0.1) is 13.8 Å². The molecule has 2 heterocycles. The summed E-state index contributed by atoms with van der Waals surface area (Å²) in [5.41, 5.74) is 3.66. The molecule has 4 heteroatoms. The molecule has 0 aliphatic rings. The molecular formula is C17H19N3S. The van der Waals surface area contributed by atoms with E-state index in [-0.39, 0.29) is 0 Å². The van der Waals surface area contributed by atoms with Crippen molar-refractivity contribution >= 4 is 27.4 Å². The molecular weight excluding hydrogens is 278 g/mol. The van der Waals surface area contributed by atoms with Gasteiger partial charge in [0.05, 0.1) is 5.39 Å². The molecule has 0 spiro atoms. The van der Waals surface area contributed by atoms with Gasteiger partial charge in [-0.15, -0.1) is 11.3 Å². The number of aromatic nitrogens is 2. The summed E-state index contributed by atoms with van der Waals surface area (Å²) in [5.74, 6) is 1.70. The van der Waals surface area contributed by atoms with Crippen LogP contribution in [0.5, 0.6) is 0 Å². The van der Waals surface area contributed by atoms with Gasteiger partial charge < -0.3 is 5.32 Å². The predicted molar refractivity (Wildman–Crippen MR) is 91.2 cm³/mol. The molecule has 0 unspecified atom stereocenters. The Morgan fingerprint density at radius 3 is 2.43 bits per heavy atom. The molecule has 108 valence electrons. The molecule has 21 heavy (non-hydrogen) atoms. The van der Waals surface area contributed by atoms with E-state index >= 15 is 0 Å². The van der Waals surface area contributed by atoms with Crippen molar-refractivity contribution in [1.29, 1.82) is 0 Å². The topological polar surface area (TPSA) is 37.8 Å². The van der Waals surface area contributed by atoms with E-state index in [0.717, 1.165) is 33.8 Å². The van der Waals surface area contributed by atoms with E-state index < -0.39 is 0 Å². The number of nitrogens with one attached hydrogen (secondary N) is 1. The Morgan fingerprint density at radius 2 is 1.81 bits per heavy atom. The molecule has 0 saturated carbocycles. The lowest BCUT2D eigenvalue weighted by Crippen LogP contribution is -1.98. The van der Waals surface area contributed by atoms with Gasteiger partial charge in [0.2, 0.25) is 0 Å². The first-order valence-electron chi connectivity index (χ1n) is 7.18. The van der Waals surface area contributed by atoms with Crippen LogP contribution in [-0.2, 0) is 6.42 Å². The van der Waals surface area contributed by atoms with Crippen LogP contribution in [0.4, 0.5) is 5.82 Å². The van der Waals surface area contributed by atoms with E-state index in [2.05, 4.69) is 50.4 Å². The summed E-state index contributed by atoms with van der Waals surface area (Å²) in [6, 6.07) is 8.50. The van der Waals surface area contributed by atoms with Crippen LogP contribution >= 0.6 is 11.3 Å². The Bertz CT molecular complexity index is 788. The lowest BCUT2D eigenvalue weighted by Gasteiger charge is -2.07. The molecule has 2 aromatic heterocycles. The highest BCUT2D eigenvalue weighted by Gasteiger charge is 2.14. The minimum absolute atomic E-state index is 0.788. The summed E-state index contributed by atoms with van der Waals surface area (Å²) in [6.07, 6.45) is 1.05. The number of hydrogen-bond acceptors (Lipinski definition) is 4. The van der Waals surface area contributed by atoms with Gasteiger partial charge in [-0.2, -0.15) is 0 Å². The molecule has 0 amide bonds. The van der Waals surface area contributed by atoms with Gasteiger partial charge >= 0.3 is 0 Å². The van der Waals surface area contributed by atoms with Gasteiger partial charge in [-0.05, 0) is 31.4 Å². The number of fused-ring (bicyclic) bond motifs is 1. The van der Waals surface area contributed by atoms with Crippen LogP contribution in [0.2, 0.25) is 0 Å². The SMILES string of the molecule is CCc1ccc(-c2nc(NC)c3c(C)c(C)sc3n2)cc1. The van der Waals surface area contributed by atoms with Crippen molar-refractivity contribution in [3.05, 3.63) is 40.3 Å². The fourth-order valence-electron chi connectivity index (χ4n) is 2.45. The van der Waals surface area contributed by atoms with Crippen molar-refractivity contribution in [2.24, 2.45) is 0 Å². The van der Waals surface area contributed by atoms with Crippen molar-refractivity contribution < 1.29 is 0 Å². The Morgan fingerprint density at radius 1 is 1.10 bits per heavy atom. The molecule has 3 aromatic rings. The maximum Gasteiger partial charge on any atom is 0.163 e. The first-order chi connectivity index (χ1) is 10.1. The molecule has 0 bridgehead atoms. The minimum Gasteiger partial charge on any atom is -0.372 e. The van der Waals surface area contributed by atoms with Crippen molar-refractivity contribution in [3.63, 3.8) is 0 Å². The maximum absolute atomic E-state index is 4.76. The highest BCUT2D eigenvalue weighted by Crippen LogP contribution is 2.34. The molecule has 0 saturated heterocycles. The number of thiophene rings is 1. The summed E-state index contributed by atoms with van der Waals surface area (Å²) < 4.78 is 0. The Kier molecular flexibility index (Phi) is 3.64. The largest absolute Gasteiger partial charge is 0.372 e. The normalized spacial score (nSPS) is 11.0. The van der Waals surface area contributed by atoms with E-state index in [9.17, 15) is 0 Å². The zero-order valence-electron chi connectivity index (χ0n) is 12.8. The van der Waals surface area contributed by atoms with E-state index in [0.29, 0.717) is 0 Å². The van der Waals surface area contributed by atoms with Crippen molar-refractivity contribution in [2.45, 2.75) is 27.2 Å². The molecule has 1 N–H and O–H groups in total. The van der Waals surface area contributed by atoms with Gasteiger partial charge in [0.25, 0.3) is 0 Å². The van der Waals surface area contributed by atoms with Crippen LogP contribution in [0.3, 0.4) is 0 Å². The quantitative estimate of drug-likeness (QED) is 0.769. The van der Waals surface area contributed by atoms with Crippen LogP contribution < -0.4 is 5.32 Å². The monoisotopic (exact) mass is 297 g/mol. The molecule has 0 atom stereocenters. The van der Waals surface area contributed by atoms with Crippen LogP contribution in [-0.4, -0.2) is 17.0 Å². The zero-order chi connectivity index (χ0) is 15.0. The Hall–Kier alpha value is -1.94.